The topological polar surface area (TPSA) is 52.7 Å². The highest BCUT2D eigenvalue weighted by Crippen LogP contribution is 2.27. The molecule has 5 nitrogen and oxygen atoms in total. The van der Waals surface area contributed by atoms with Crippen molar-refractivity contribution in [3.8, 4) is 0 Å². The summed E-state index contributed by atoms with van der Waals surface area (Å²) in [6, 6.07) is 0.752. The summed E-state index contributed by atoms with van der Waals surface area (Å²) in [5.74, 6) is 0.215. The molecule has 0 amide bonds. The molecule has 1 heterocycles. The maximum absolute atomic E-state index is 11.9. The maximum atomic E-state index is 11.9. The smallest absolute Gasteiger partial charge is 0.215 e. The van der Waals surface area contributed by atoms with Crippen molar-refractivity contribution in [2.75, 3.05) is 45.5 Å². The summed E-state index contributed by atoms with van der Waals surface area (Å²) in [6.45, 7) is 3.68. The first-order valence-corrected chi connectivity index (χ1v) is 7.61. The average molecular weight is 247 g/mol. The van der Waals surface area contributed by atoms with Crippen LogP contribution < -0.4 is 5.32 Å². The van der Waals surface area contributed by atoms with E-state index in [9.17, 15) is 8.42 Å². The van der Waals surface area contributed by atoms with E-state index in [-0.39, 0.29) is 5.75 Å². The van der Waals surface area contributed by atoms with Gasteiger partial charge in [0.05, 0.1) is 5.75 Å². The summed E-state index contributed by atoms with van der Waals surface area (Å²) in [5.41, 5.74) is 0. The molecule has 1 aliphatic heterocycles. The molecule has 0 radical (unpaired) electrons. The first kappa shape index (κ1) is 12.3. The van der Waals surface area contributed by atoms with Crippen molar-refractivity contribution >= 4 is 10.0 Å². The molecule has 1 N–H and O–H groups in total. The molecule has 2 aliphatic rings. The second-order valence-electron chi connectivity index (χ2n) is 4.59. The standard InChI is InChI=1S/C10H21N3O2S/c1-11-4-9-16(14,15)13-7-5-12(6-8-13)10-2-3-10/h10-11H,2-9H2,1H3. The molecule has 0 atom stereocenters. The van der Waals surface area contributed by atoms with E-state index in [4.69, 9.17) is 0 Å². The summed E-state index contributed by atoms with van der Waals surface area (Å²) in [5, 5.41) is 2.88. The fourth-order valence-electron chi connectivity index (χ4n) is 2.15. The molecule has 0 spiro atoms. The molecule has 0 aromatic heterocycles. The molecule has 0 bridgehead atoms. The van der Waals surface area contributed by atoms with Crippen LogP contribution in [0.2, 0.25) is 0 Å². The lowest BCUT2D eigenvalue weighted by atomic mass is 10.3. The van der Waals surface area contributed by atoms with Crippen LogP contribution in [0, 0.1) is 0 Å². The summed E-state index contributed by atoms with van der Waals surface area (Å²) in [7, 11) is -1.25. The predicted octanol–water partition coefficient (Wildman–Crippen LogP) is -0.684. The fraction of sp³-hybridized carbons (Fsp3) is 1.00. The molecule has 94 valence electrons. The Balaban J connectivity index is 1.82. The molecule has 16 heavy (non-hydrogen) atoms. The van der Waals surface area contributed by atoms with Crippen molar-refractivity contribution in [3.05, 3.63) is 0 Å². The van der Waals surface area contributed by atoms with E-state index in [1.807, 2.05) is 0 Å². The van der Waals surface area contributed by atoms with Gasteiger partial charge in [0, 0.05) is 38.8 Å². The minimum atomic E-state index is -3.03. The van der Waals surface area contributed by atoms with Crippen molar-refractivity contribution in [2.45, 2.75) is 18.9 Å². The minimum absolute atomic E-state index is 0.215. The molecular weight excluding hydrogens is 226 g/mol. The lowest BCUT2D eigenvalue weighted by molar-refractivity contribution is 0.180. The molecule has 6 heteroatoms. The van der Waals surface area contributed by atoms with Crippen LogP contribution in [0.5, 0.6) is 0 Å². The molecule has 2 fully saturated rings. The second kappa shape index (κ2) is 5.00. The first-order valence-electron chi connectivity index (χ1n) is 6.00. The van der Waals surface area contributed by atoms with Gasteiger partial charge < -0.3 is 5.32 Å². The Bertz CT molecular complexity index is 319. The Labute approximate surface area is 97.8 Å². The number of hydrogen-bond acceptors (Lipinski definition) is 4. The molecule has 1 saturated heterocycles. The van der Waals surface area contributed by atoms with Gasteiger partial charge in [0.15, 0.2) is 0 Å². The van der Waals surface area contributed by atoms with E-state index in [1.165, 1.54) is 12.8 Å². The fourth-order valence-corrected chi connectivity index (χ4v) is 3.59. The number of rotatable bonds is 5. The lowest BCUT2D eigenvalue weighted by Crippen LogP contribution is -2.50. The summed E-state index contributed by atoms with van der Waals surface area (Å²) in [6.07, 6.45) is 2.60. The van der Waals surface area contributed by atoms with Crippen LogP contribution >= 0.6 is 0 Å². The predicted molar refractivity (Wildman–Crippen MR) is 63.9 cm³/mol. The Hall–Kier alpha value is -0.170. The Kier molecular flexibility index (Phi) is 3.84. The van der Waals surface area contributed by atoms with Crippen LogP contribution in [0.1, 0.15) is 12.8 Å². The third kappa shape index (κ3) is 2.94. The van der Waals surface area contributed by atoms with Gasteiger partial charge in [0.1, 0.15) is 0 Å². The third-order valence-electron chi connectivity index (χ3n) is 3.34. The van der Waals surface area contributed by atoms with Crippen LogP contribution in [0.3, 0.4) is 0 Å². The van der Waals surface area contributed by atoms with Gasteiger partial charge in [-0.1, -0.05) is 0 Å². The number of piperazine rings is 1. The summed E-state index contributed by atoms with van der Waals surface area (Å²) < 4.78 is 25.5. The number of hydrogen-bond donors (Lipinski definition) is 1. The van der Waals surface area contributed by atoms with Gasteiger partial charge in [0.2, 0.25) is 10.0 Å². The van der Waals surface area contributed by atoms with Crippen LogP contribution in [-0.4, -0.2) is 69.2 Å². The summed E-state index contributed by atoms with van der Waals surface area (Å²) in [4.78, 5) is 2.42. The highest BCUT2D eigenvalue weighted by molar-refractivity contribution is 7.89. The SMILES string of the molecule is CNCCS(=O)(=O)N1CCN(C2CC2)CC1. The zero-order valence-electron chi connectivity index (χ0n) is 9.85. The van der Waals surface area contributed by atoms with Gasteiger partial charge in [-0.25, -0.2) is 8.42 Å². The Morgan fingerprint density at radius 1 is 1.19 bits per heavy atom. The minimum Gasteiger partial charge on any atom is -0.319 e. The maximum Gasteiger partial charge on any atom is 0.215 e. The zero-order valence-corrected chi connectivity index (χ0v) is 10.7. The van der Waals surface area contributed by atoms with E-state index in [2.05, 4.69) is 10.2 Å². The van der Waals surface area contributed by atoms with Gasteiger partial charge in [-0.15, -0.1) is 0 Å². The lowest BCUT2D eigenvalue weighted by Gasteiger charge is -2.34. The zero-order chi connectivity index (χ0) is 11.6. The van der Waals surface area contributed by atoms with Crippen molar-refractivity contribution in [2.24, 2.45) is 0 Å². The van der Waals surface area contributed by atoms with Gasteiger partial charge >= 0.3 is 0 Å². The number of nitrogens with zero attached hydrogens (tertiary/aromatic N) is 2. The average Bonchev–Trinajstić information content (AvgIpc) is 3.10. The van der Waals surface area contributed by atoms with Gasteiger partial charge in [-0.3, -0.25) is 4.90 Å². The van der Waals surface area contributed by atoms with Gasteiger partial charge in [-0.05, 0) is 19.9 Å². The Morgan fingerprint density at radius 3 is 2.31 bits per heavy atom. The van der Waals surface area contributed by atoms with Gasteiger partial charge in [-0.2, -0.15) is 4.31 Å². The van der Waals surface area contributed by atoms with Crippen LogP contribution in [0.15, 0.2) is 0 Å². The molecular formula is C10H21N3O2S. The Morgan fingerprint density at radius 2 is 1.81 bits per heavy atom. The van der Waals surface area contributed by atoms with Crippen molar-refractivity contribution in [1.29, 1.82) is 0 Å². The molecule has 0 unspecified atom stereocenters. The van der Waals surface area contributed by atoms with E-state index in [0.717, 1.165) is 19.1 Å². The molecule has 0 aromatic rings. The second-order valence-corrected chi connectivity index (χ2v) is 6.67. The van der Waals surface area contributed by atoms with Crippen molar-refractivity contribution in [3.63, 3.8) is 0 Å². The monoisotopic (exact) mass is 247 g/mol. The highest BCUT2D eigenvalue weighted by atomic mass is 32.2. The molecule has 1 aliphatic carbocycles. The van der Waals surface area contributed by atoms with E-state index in [0.29, 0.717) is 19.6 Å². The van der Waals surface area contributed by atoms with Crippen LogP contribution in [-0.2, 0) is 10.0 Å². The normalized spacial score (nSPS) is 24.8. The largest absolute Gasteiger partial charge is 0.319 e. The first-order chi connectivity index (χ1) is 7.63. The molecule has 2 rings (SSSR count). The molecule has 1 saturated carbocycles. The van der Waals surface area contributed by atoms with Crippen LogP contribution in [0.4, 0.5) is 0 Å². The highest BCUT2D eigenvalue weighted by Gasteiger charge is 2.33. The number of nitrogens with one attached hydrogen (secondary N) is 1. The molecule has 0 aromatic carbocycles. The number of sulfonamides is 1. The van der Waals surface area contributed by atoms with E-state index < -0.39 is 10.0 Å². The van der Waals surface area contributed by atoms with Gasteiger partial charge in [0.25, 0.3) is 0 Å². The van der Waals surface area contributed by atoms with E-state index >= 15 is 0 Å². The van der Waals surface area contributed by atoms with E-state index in [1.54, 1.807) is 11.4 Å². The van der Waals surface area contributed by atoms with Crippen LogP contribution in [0.25, 0.3) is 0 Å². The quantitative estimate of drug-likeness (QED) is 0.699. The third-order valence-corrected chi connectivity index (χ3v) is 5.21. The van der Waals surface area contributed by atoms with Crippen molar-refractivity contribution in [1.82, 2.24) is 14.5 Å². The van der Waals surface area contributed by atoms with Crippen molar-refractivity contribution < 1.29 is 8.42 Å². The summed E-state index contributed by atoms with van der Waals surface area (Å²) >= 11 is 0.